The zero-order valence-corrected chi connectivity index (χ0v) is 13.5. The van der Waals surface area contributed by atoms with Gasteiger partial charge in [-0.15, -0.1) is 0 Å². The van der Waals surface area contributed by atoms with Crippen molar-refractivity contribution in [2.75, 3.05) is 5.32 Å². The average molecular weight is 355 g/mol. The topological polar surface area (TPSA) is 84.2 Å². The maximum Gasteiger partial charge on any atom is 0.416 e. The molecule has 9 heteroatoms. The predicted molar refractivity (Wildman–Crippen MR) is 83.0 cm³/mol. The number of carboxylic acids is 1. The summed E-state index contributed by atoms with van der Waals surface area (Å²) in [7, 11) is 0. The Labute approximate surface area is 141 Å². The number of carboxylic acid groups (broad SMARTS) is 1. The van der Waals surface area contributed by atoms with Crippen LogP contribution in [0.5, 0.6) is 0 Å². The number of aromatic nitrogens is 2. The molecule has 1 amide bonds. The SMILES string of the molecule is CC(C)(C(=O)O)n1cc(NC(=O)Cc2ccc(C(F)(F)F)cc2)cn1. The summed E-state index contributed by atoms with van der Waals surface area (Å²) in [6.07, 6.45) is -1.87. The number of alkyl halides is 3. The molecule has 0 unspecified atom stereocenters. The van der Waals surface area contributed by atoms with Gasteiger partial charge in [0.15, 0.2) is 5.54 Å². The number of halogens is 3. The van der Waals surface area contributed by atoms with Crippen molar-refractivity contribution in [3.63, 3.8) is 0 Å². The fraction of sp³-hybridized carbons (Fsp3) is 0.312. The summed E-state index contributed by atoms with van der Waals surface area (Å²) >= 11 is 0. The summed E-state index contributed by atoms with van der Waals surface area (Å²) < 4.78 is 38.7. The van der Waals surface area contributed by atoms with E-state index < -0.39 is 29.2 Å². The van der Waals surface area contributed by atoms with Crippen LogP contribution in [0.3, 0.4) is 0 Å². The second-order valence-electron chi connectivity index (χ2n) is 5.96. The van der Waals surface area contributed by atoms with E-state index in [-0.39, 0.29) is 6.42 Å². The number of benzene rings is 1. The zero-order valence-electron chi connectivity index (χ0n) is 13.5. The van der Waals surface area contributed by atoms with Crippen LogP contribution in [0.4, 0.5) is 18.9 Å². The number of nitrogens with one attached hydrogen (secondary N) is 1. The van der Waals surface area contributed by atoms with Crippen molar-refractivity contribution in [1.29, 1.82) is 0 Å². The number of aliphatic carboxylic acids is 1. The van der Waals surface area contributed by atoms with Gasteiger partial charge in [-0.3, -0.25) is 9.48 Å². The van der Waals surface area contributed by atoms with Gasteiger partial charge in [0, 0.05) is 6.20 Å². The van der Waals surface area contributed by atoms with Crippen LogP contribution >= 0.6 is 0 Å². The summed E-state index contributed by atoms with van der Waals surface area (Å²) in [4.78, 5) is 23.1. The molecule has 1 heterocycles. The molecule has 134 valence electrons. The highest BCUT2D eigenvalue weighted by Gasteiger charge is 2.31. The molecule has 0 aliphatic carbocycles. The van der Waals surface area contributed by atoms with Gasteiger partial charge >= 0.3 is 12.1 Å². The third kappa shape index (κ3) is 4.37. The normalized spacial score (nSPS) is 12.0. The van der Waals surface area contributed by atoms with Crippen LogP contribution in [0.2, 0.25) is 0 Å². The van der Waals surface area contributed by atoms with E-state index in [1.54, 1.807) is 0 Å². The summed E-state index contributed by atoms with van der Waals surface area (Å²) in [6, 6.07) is 4.30. The van der Waals surface area contributed by atoms with E-state index in [1.807, 2.05) is 0 Å². The van der Waals surface area contributed by atoms with E-state index in [9.17, 15) is 22.8 Å². The van der Waals surface area contributed by atoms with Crippen molar-refractivity contribution in [3.8, 4) is 0 Å². The van der Waals surface area contributed by atoms with E-state index in [4.69, 9.17) is 5.11 Å². The summed E-state index contributed by atoms with van der Waals surface area (Å²) in [6.45, 7) is 2.91. The fourth-order valence-electron chi connectivity index (χ4n) is 1.99. The molecular weight excluding hydrogens is 339 g/mol. The second-order valence-corrected chi connectivity index (χ2v) is 5.96. The van der Waals surface area contributed by atoms with Gasteiger partial charge in [-0.25, -0.2) is 4.79 Å². The molecule has 2 aromatic rings. The molecule has 0 radical (unpaired) electrons. The fourth-order valence-corrected chi connectivity index (χ4v) is 1.99. The van der Waals surface area contributed by atoms with Crippen LogP contribution < -0.4 is 5.32 Å². The van der Waals surface area contributed by atoms with Gasteiger partial charge in [0.2, 0.25) is 5.91 Å². The quantitative estimate of drug-likeness (QED) is 0.864. The number of carbonyl (C=O) groups is 2. The average Bonchev–Trinajstić information content (AvgIpc) is 2.95. The monoisotopic (exact) mass is 355 g/mol. The van der Waals surface area contributed by atoms with Crippen molar-refractivity contribution < 1.29 is 27.9 Å². The molecule has 0 fully saturated rings. The van der Waals surface area contributed by atoms with Crippen LogP contribution in [0.1, 0.15) is 25.0 Å². The lowest BCUT2D eigenvalue weighted by Gasteiger charge is -2.19. The van der Waals surface area contributed by atoms with Crippen LogP contribution in [-0.2, 0) is 27.7 Å². The Hall–Kier alpha value is -2.84. The van der Waals surface area contributed by atoms with E-state index in [0.29, 0.717) is 11.3 Å². The van der Waals surface area contributed by atoms with Crippen LogP contribution in [0, 0.1) is 0 Å². The van der Waals surface area contributed by atoms with E-state index in [1.165, 1.54) is 43.1 Å². The lowest BCUT2D eigenvalue weighted by molar-refractivity contribution is -0.146. The van der Waals surface area contributed by atoms with Gasteiger partial charge in [0.1, 0.15) is 0 Å². The number of nitrogens with zero attached hydrogens (tertiary/aromatic N) is 2. The number of anilines is 1. The van der Waals surface area contributed by atoms with Crippen LogP contribution in [0.15, 0.2) is 36.7 Å². The van der Waals surface area contributed by atoms with Gasteiger partial charge in [-0.05, 0) is 31.5 Å². The maximum absolute atomic E-state index is 12.5. The first kappa shape index (κ1) is 18.5. The number of hydrogen-bond acceptors (Lipinski definition) is 3. The Bertz CT molecular complexity index is 780. The first-order valence-electron chi connectivity index (χ1n) is 7.24. The zero-order chi connectivity index (χ0) is 18.8. The highest BCUT2D eigenvalue weighted by Crippen LogP contribution is 2.29. The molecule has 1 aromatic carbocycles. The molecule has 6 nitrogen and oxygen atoms in total. The molecule has 0 saturated heterocycles. The van der Waals surface area contributed by atoms with Crippen LogP contribution in [0.25, 0.3) is 0 Å². The van der Waals surface area contributed by atoms with Crippen molar-refractivity contribution in [2.45, 2.75) is 32.0 Å². The Kier molecular flexibility index (Phi) is 4.87. The molecular formula is C16H16F3N3O3. The standard InChI is InChI=1S/C16H16F3N3O3/c1-15(2,14(24)25)22-9-12(8-20-22)21-13(23)7-10-3-5-11(6-4-10)16(17,18)19/h3-6,8-9H,7H2,1-2H3,(H,21,23)(H,24,25). The lowest BCUT2D eigenvalue weighted by atomic mass is 10.1. The van der Waals surface area contributed by atoms with Gasteiger partial charge in [0.05, 0.1) is 23.9 Å². The van der Waals surface area contributed by atoms with Gasteiger partial charge in [-0.2, -0.15) is 18.3 Å². The highest BCUT2D eigenvalue weighted by atomic mass is 19.4. The van der Waals surface area contributed by atoms with Crippen molar-refractivity contribution in [2.24, 2.45) is 0 Å². The third-order valence-electron chi connectivity index (χ3n) is 3.61. The summed E-state index contributed by atoms with van der Waals surface area (Å²) in [5, 5.41) is 15.6. The Morgan fingerprint density at radius 3 is 2.32 bits per heavy atom. The minimum atomic E-state index is -4.42. The molecule has 0 spiro atoms. The Morgan fingerprint density at radius 2 is 1.80 bits per heavy atom. The van der Waals surface area contributed by atoms with Crippen molar-refractivity contribution >= 4 is 17.6 Å². The van der Waals surface area contributed by atoms with E-state index >= 15 is 0 Å². The molecule has 0 atom stereocenters. The maximum atomic E-state index is 12.5. The van der Waals surface area contributed by atoms with Gasteiger partial charge < -0.3 is 10.4 Å². The van der Waals surface area contributed by atoms with Gasteiger partial charge in [-0.1, -0.05) is 12.1 Å². The molecule has 2 N–H and O–H groups in total. The molecule has 0 saturated carbocycles. The molecule has 1 aromatic heterocycles. The van der Waals surface area contributed by atoms with E-state index in [0.717, 1.165) is 12.1 Å². The van der Waals surface area contributed by atoms with Gasteiger partial charge in [0.25, 0.3) is 0 Å². The predicted octanol–water partition coefficient (Wildman–Crippen LogP) is 2.90. The Morgan fingerprint density at radius 1 is 1.20 bits per heavy atom. The number of rotatable bonds is 5. The largest absolute Gasteiger partial charge is 0.479 e. The van der Waals surface area contributed by atoms with E-state index in [2.05, 4.69) is 10.4 Å². The molecule has 25 heavy (non-hydrogen) atoms. The minimum Gasteiger partial charge on any atom is -0.479 e. The second kappa shape index (κ2) is 6.58. The molecule has 0 bridgehead atoms. The molecule has 0 aliphatic rings. The molecule has 0 aliphatic heterocycles. The number of hydrogen-bond donors (Lipinski definition) is 2. The first-order chi connectivity index (χ1) is 11.5. The lowest BCUT2D eigenvalue weighted by Crippen LogP contribution is -2.35. The van der Waals surface area contributed by atoms with Crippen LogP contribution in [-0.4, -0.2) is 26.8 Å². The number of carbonyl (C=O) groups excluding carboxylic acids is 1. The first-order valence-corrected chi connectivity index (χ1v) is 7.24. The van der Waals surface area contributed by atoms with Crippen molar-refractivity contribution in [3.05, 3.63) is 47.8 Å². The summed E-state index contributed by atoms with van der Waals surface area (Å²) in [5.41, 5.74) is -1.35. The Balaban J connectivity index is 2.01. The number of amides is 1. The molecule has 2 rings (SSSR count). The third-order valence-corrected chi connectivity index (χ3v) is 3.61. The van der Waals surface area contributed by atoms with Crippen molar-refractivity contribution in [1.82, 2.24) is 9.78 Å². The smallest absolute Gasteiger partial charge is 0.416 e. The summed E-state index contributed by atoms with van der Waals surface area (Å²) in [5.74, 6) is -1.54. The highest BCUT2D eigenvalue weighted by molar-refractivity contribution is 5.92. The minimum absolute atomic E-state index is 0.119.